The van der Waals surface area contributed by atoms with Crippen LogP contribution in [-0.4, -0.2) is 10.2 Å². The molecular formula is C23H18O4. The van der Waals surface area contributed by atoms with Gasteiger partial charge >= 0.3 is 0 Å². The number of aryl methyl sites for hydroxylation is 1. The number of rotatable bonds is 3. The number of hydrogen-bond acceptors (Lipinski definition) is 4. The molecule has 3 aromatic carbocycles. The van der Waals surface area contributed by atoms with Crippen molar-refractivity contribution in [2.75, 3.05) is 0 Å². The Balaban J connectivity index is 1.69. The zero-order chi connectivity index (χ0) is 19.0. The highest BCUT2D eigenvalue weighted by Gasteiger charge is 2.14. The summed E-state index contributed by atoms with van der Waals surface area (Å²) in [4.78, 5) is 12.8. The summed E-state index contributed by atoms with van der Waals surface area (Å²) in [6.07, 6.45) is 2.17. The van der Waals surface area contributed by atoms with Gasteiger partial charge in [0.15, 0.2) is 0 Å². The van der Waals surface area contributed by atoms with Gasteiger partial charge in [-0.25, -0.2) is 0 Å². The Morgan fingerprint density at radius 3 is 2.19 bits per heavy atom. The Labute approximate surface area is 156 Å². The summed E-state index contributed by atoms with van der Waals surface area (Å²) in [5, 5.41) is 19.6. The van der Waals surface area contributed by atoms with Crippen molar-refractivity contribution in [1.29, 1.82) is 0 Å². The van der Waals surface area contributed by atoms with Crippen LogP contribution in [0.2, 0.25) is 0 Å². The molecule has 0 unspecified atom stereocenters. The van der Waals surface area contributed by atoms with Crippen molar-refractivity contribution in [2.24, 2.45) is 0 Å². The lowest BCUT2D eigenvalue weighted by Crippen LogP contribution is -2.05. The molecule has 0 radical (unpaired) electrons. The van der Waals surface area contributed by atoms with E-state index in [1.807, 2.05) is 24.3 Å². The summed E-state index contributed by atoms with van der Waals surface area (Å²) in [5.41, 5.74) is 4.49. The second kappa shape index (κ2) is 6.65. The molecule has 0 bridgehead atoms. The predicted octanol–water partition coefficient (Wildman–Crippen LogP) is 4.77. The molecule has 27 heavy (non-hydrogen) atoms. The van der Waals surface area contributed by atoms with Crippen molar-refractivity contribution in [3.63, 3.8) is 0 Å². The van der Waals surface area contributed by atoms with E-state index in [0.717, 1.165) is 18.1 Å². The highest BCUT2D eigenvalue weighted by atomic mass is 16.3. The van der Waals surface area contributed by atoms with Crippen LogP contribution in [-0.2, 0) is 6.42 Å². The Morgan fingerprint density at radius 1 is 0.889 bits per heavy atom. The Morgan fingerprint density at radius 2 is 1.52 bits per heavy atom. The SMILES string of the molecule is Cc1ccc(Cc2ccc(-c3coc4cc(O)cc(O)c4c3=O)cc2)cc1. The van der Waals surface area contributed by atoms with Gasteiger partial charge in [-0.15, -0.1) is 0 Å². The second-order valence-corrected chi connectivity index (χ2v) is 6.68. The average Bonchev–Trinajstić information content (AvgIpc) is 2.64. The van der Waals surface area contributed by atoms with Crippen LogP contribution in [0.4, 0.5) is 0 Å². The molecule has 0 saturated heterocycles. The molecule has 4 rings (SSSR count). The molecule has 4 nitrogen and oxygen atoms in total. The van der Waals surface area contributed by atoms with Gasteiger partial charge in [0, 0.05) is 12.1 Å². The minimum Gasteiger partial charge on any atom is -0.508 e. The third-order valence-corrected chi connectivity index (χ3v) is 4.64. The Hall–Kier alpha value is -3.53. The maximum atomic E-state index is 12.8. The van der Waals surface area contributed by atoms with E-state index in [0.29, 0.717) is 11.1 Å². The Kier molecular flexibility index (Phi) is 4.16. The van der Waals surface area contributed by atoms with E-state index in [1.165, 1.54) is 23.5 Å². The van der Waals surface area contributed by atoms with Gasteiger partial charge in [0.1, 0.15) is 28.7 Å². The van der Waals surface area contributed by atoms with Crippen molar-refractivity contribution < 1.29 is 14.6 Å². The summed E-state index contributed by atoms with van der Waals surface area (Å²) >= 11 is 0. The van der Waals surface area contributed by atoms with Gasteiger partial charge in [-0.05, 0) is 30.0 Å². The molecule has 4 heteroatoms. The van der Waals surface area contributed by atoms with Gasteiger partial charge in [-0.3, -0.25) is 4.79 Å². The molecule has 0 fully saturated rings. The zero-order valence-electron chi connectivity index (χ0n) is 14.8. The normalized spacial score (nSPS) is 11.0. The molecule has 134 valence electrons. The molecule has 1 aromatic heterocycles. The Bertz CT molecular complexity index is 1170. The van der Waals surface area contributed by atoms with Crippen LogP contribution < -0.4 is 5.43 Å². The number of hydrogen-bond donors (Lipinski definition) is 2. The lowest BCUT2D eigenvalue weighted by atomic mass is 10.00. The first-order chi connectivity index (χ1) is 13.0. The van der Waals surface area contributed by atoms with E-state index in [9.17, 15) is 15.0 Å². The fraction of sp³-hybridized carbons (Fsp3) is 0.0870. The molecule has 0 saturated carbocycles. The minimum atomic E-state index is -0.333. The van der Waals surface area contributed by atoms with Gasteiger partial charge in [0.2, 0.25) is 5.43 Å². The molecular weight excluding hydrogens is 340 g/mol. The molecule has 0 amide bonds. The fourth-order valence-corrected chi connectivity index (χ4v) is 3.16. The minimum absolute atomic E-state index is 0.0639. The summed E-state index contributed by atoms with van der Waals surface area (Å²) < 4.78 is 5.46. The van der Waals surface area contributed by atoms with Crippen LogP contribution >= 0.6 is 0 Å². The van der Waals surface area contributed by atoms with E-state index < -0.39 is 0 Å². The number of phenolic OH excluding ortho intramolecular Hbond substituents is 2. The maximum absolute atomic E-state index is 12.8. The highest BCUT2D eigenvalue weighted by Crippen LogP contribution is 2.29. The number of fused-ring (bicyclic) bond motifs is 1. The molecule has 0 aliphatic carbocycles. The summed E-state index contributed by atoms with van der Waals surface area (Å²) in [6, 6.07) is 18.6. The van der Waals surface area contributed by atoms with Crippen molar-refractivity contribution >= 4 is 11.0 Å². The van der Waals surface area contributed by atoms with Crippen LogP contribution in [0, 0.1) is 6.92 Å². The van der Waals surface area contributed by atoms with Gasteiger partial charge in [-0.1, -0.05) is 54.1 Å². The molecule has 2 N–H and O–H groups in total. The van der Waals surface area contributed by atoms with E-state index in [-0.39, 0.29) is 27.9 Å². The second-order valence-electron chi connectivity index (χ2n) is 6.68. The van der Waals surface area contributed by atoms with E-state index >= 15 is 0 Å². The van der Waals surface area contributed by atoms with Crippen molar-refractivity contribution in [1.82, 2.24) is 0 Å². The van der Waals surface area contributed by atoms with E-state index in [2.05, 4.69) is 31.2 Å². The molecule has 0 atom stereocenters. The average molecular weight is 358 g/mol. The predicted molar refractivity (Wildman–Crippen MR) is 105 cm³/mol. The van der Waals surface area contributed by atoms with E-state index in [4.69, 9.17) is 4.42 Å². The first-order valence-corrected chi connectivity index (χ1v) is 8.63. The first-order valence-electron chi connectivity index (χ1n) is 8.63. The van der Waals surface area contributed by atoms with Gasteiger partial charge < -0.3 is 14.6 Å². The molecule has 4 aromatic rings. The fourth-order valence-electron chi connectivity index (χ4n) is 3.16. The third-order valence-electron chi connectivity index (χ3n) is 4.64. The standard InChI is InChI=1S/C23H18O4/c1-14-2-4-15(5-3-14)10-16-6-8-17(9-7-16)19-13-27-21-12-18(24)11-20(25)22(21)23(19)26/h2-9,11-13,24-25H,10H2,1H3. The van der Waals surface area contributed by atoms with Crippen molar-refractivity contribution in [3.05, 3.63) is 93.8 Å². The summed E-state index contributed by atoms with van der Waals surface area (Å²) in [7, 11) is 0. The summed E-state index contributed by atoms with van der Waals surface area (Å²) in [5.74, 6) is -0.451. The number of benzene rings is 3. The third kappa shape index (κ3) is 3.29. The van der Waals surface area contributed by atoms with Crippen molar-refractivity contribution in [3.8, 4) is 22.6 Å². The van der Waals surface area contributed by atoms with Crippen LogP contribution in [0.1, 0.15) is 16.7 Å². The van der Waals surface area contributed by atoms with Crippen molar-refractivity contribution in [2.45, 2.75) is 13.3 Å². The molecule has 0 aliphatic heterocycles. The van der Waals surface area contributed by atoms with Gasteiger partial charge in [0.05, 0.1) is 5.56 Å². The molecule has 1 heterocycles. The van der Waals surface area contributed by atoms with Gasteiger partial charge in [-0.2, -0.15) is 0 Å². The van der Waals surface area contributed by atoms with Crippen LogP contribution in [0.3, 0.4) is 0 Å². The molecule has 0 spiro atoms. The van der Waals surface area contributed by atoms with E-state index in [1.54, 1.807) is 0 Å². The zero-order valence-corrected chi connectivity index (χ0v) is 14.8. The number of aromatic hydroxyl groups is 2. The first kappa shape index (κ1) is 16.9. The summed E-state index contributed by atoms with van der Waals surface area (Å²) in [6.45, 7) is 2.06. The largest absolute Gasteiger partial charge is 0.508 e. The quantitative estimate of drug-likeness (QED) is 0.553. The monoisotopic (exact) mass is 358 g/mol. The lowest BCUT2D eigenvalue weighted by Gasteiger charge is -2.07. The smallest absolute Gasteiger partial charge is 0.204 e. The van der Waals surface area contributed by atoms with Gasteiger partial charge in [0.25, 0.3) is 0 Å². The molecule has 0 aliphatic rings. The maximum Gasteiger partial charge on any atom is 0.204 e. The van der Waals surface area contributed by atoms with Crippen LogP contribution in [0.25, 0.3) is 22.1 Å². The number of phenols is 2. The van der Waals surface area contributed by atoms with Crippen LogP contribution in [0.5, 0.6) is 11.5 Å². The lowest BCUT2D eigenvalue weighted by molar-refractivity contribution is 0.452. The highest BCUT2D eigenvalue weighted by molar-refractivity contribution is 5.87. The topological polar surface area (TPSA) is 70.7 Å². The van der Waals surface area contributed by atoms with Crippen LogP contribution in [0.15, 0.2) is 76.1 Å².